The van der Waals surface area contributed by atoms with Crippen molar-refractivity contribution in [2.24, 2.45) is 5.92 Å². The van der Waals surface area contributed by atoms with Gasteiger partial charge in [0.15, 0.2) is 0 Å². The Morgan fingerprint density at radius 3 is 2.62 bits per heavy atom. The van der Waals surface area contributed by atoms with Gasteiger partial charge in [0, 0.05) is 24.3 Å². The Labute approximate surface area is 141 Å². The summed E-state index contributed by atoms with van der Waals surface area (Å²) >= 11 is 0. The molecule has 0 aromatic heterocycles. The number of carbonyl (C=O) groups excluding carboxylic acids is 2. The number of rotatable bonds is 4. The van der Waals surface area contributed by atoms with E-state index in [0.717, 1.165) is 17.0 Å². The topological polar surface area (TPSA) is 58.6 Å². The average molecular weight is 324 g/mol. The molecule has 0 bridgehead atoms. The van der Waals surface area contributed by atoms with E-state index in [0.29, 0.717) is 12.2 Å². The summed E-state index contributed by atoms with van der Waals surface area (Å²) in [5.74, 6) is 0.230. The van der Waals surface area contributed by atoms with Crippen molar-refractivity contribution in [1.29, 1.82) is 0 Å². The molecule has 2 aromatic rings. The molecule has 0 unspecified atom stereocenters. The van der Waals surface area contributed by atoms with E-state index in [9.17, 15) is 9.59 Å². The van der Waals surface area contributed by atoms with E-state index >= 15 is 0 Å². The Balaban J connectivity index is 1.67. The molecule has 2 aromatic carbocycles. The second kappa shape index (κ2) is 6.74. The zero-order chi connectivity index (χ0) is 17.1. The third-order valence-corrected chi connectivity index (χ3v) is 4.17. The van der Waals surface area contributed by atoms with Crippen LogP contribution in [0.5, 0.6) is 5.75 Å². The van der Waals surface area contributed by atoms with Crippen LogP contribution in [-0.2, 0) is 9.59 Å². The third-order valence-electron chi connectivity index (χ3n) is 4.17. The van der Waals surface area contributed by atoms with Gasteiger partial charge in [-0.2, -0.15) is 0 Å². The zero-order valence-electron chi connectivity index (χ0n) is 13.8. The monoisotopic (exact) mass is 324 g/mol. The molecule has 124 valence electrons. The standard InChI is InChI=1S/C19H20N2O3/c1-13-4-3-5-16(10-13)21-12-14(11-18(21)22)19(23)20-15-6-8-17(24-2)9-7-15/h3-10,14H,11-12H2,1-2H3,(H,20,23)/t14-/m1/s1. The second-order valence-electron chi connectivity index (χ2n) is 5.96. The highest BCUT2D eigenvalue weighted by Crippen LogP contribution is 2.27. The van der Waals surface area contributed by atoms with E-state index in [1.54, 1.807) is 36.3 Å². The van der Waals surface area contributed by atoms with Crippen molar-refractivity contribution >= 4 is 23.2 Å². The van der Waals surface area contributed by atoms with Crippen LogP contribution in [0.15, 0.2) is 48.5 Å². The summed E-state index contributed by atoms with van der Waals surface area (Å²) in [7, 11) is 1.59. The van der Waals surface area contributed by atoms with Crippen LogP contribution in [0.2, 0.25) is 0 Å². The van der Waals surface area contributed by atoms with Gasteiger partial charge in [0.25, 0.3) is 0 Å². The highest BCUT2D eigenvalue weighted by Gasteiger charge is 2.35. The fraction of sp³-hybridized carbons (Fsp3) is 0.263. The molecule has 3 rings (SSSR count). The van der Waals surface area contributed by atoms with Crippen molar-refractivity contribution in [2.45, 2.75) is 13.3 Å². The molecular formula is C19H20N2O3. The fourth-order valence-electron chi connectivity index (χ4n) is 2.85. The third kappa shape index (κ3) is 3.40. The maximum atomic E-state index is 12.4. The summed E-state index contributed by atoms with van der Waals surface area (Å²) in [6, 6.07) is 14.9. The van der Waals surface area contributed by atoms with Gasteiger partial charge in [-0.1, -0.05) is 12.1 Å². The predicted octanol–water partition coefficient (Wildman–Crippen LogP) is 3.00. The maximum absolute atomic E-state index is 12.4. The Morgan fingerprint density at radius 2 is 1.96 bits per heavy atom. The maximum Gasteiger partial charge on any atom is 0.229 e. The molecule has 2 amide bonds. The number of methoxy groups -OCH3 is 1. The Morgan fingerprint density at radius 1 is 1.21 bits per heavy atom. The average Bonchev–Trinajstić information content (AvgIpc) is 2.97. The highest BCUT2D eigenvalue weighted by atomic mass is 16.5. The van der Waals surface area contributed by atoms with Crippen LogP contribution in [-0.4, -0.2) is 25.5 Å². The summed E-state index contributed by atoms with van der Waals surface area (Å²) < 4.78 is 5.10. The minimum atomic E-state index is -0.347. The van der Waals surface area contributed by atoms with Gasteiger partial charge in [-0.3, -0.25) is 9.59 Å². The minimum absolute atomic E-state index is 0.0181. The summed E-state index contributed by atoms with van der Waals surface area (Å²) in [6.07, 6.45) is 0.232. The van der Waals surface area contributed by atoms with Gasteiger partial charge in [0.1, 0.15) is 5.75 Å². The molecule has 24 heavy (non-hydrogen) atoms. The van der Waals surface area contributed by atoms with Crippen LogP contribution < -0.4 is 15.0 Å². The SMILES string of the molecule is COc1ccc(NC(=O)[C@@H]2CC(=O)N(c3cccc(C)c3)C2)cc1. The van der Waals surface area contributed by atoms with Crippen molar-refractivity contribution in [2.75, 3.05) is 23.9 Å². The second-order valence-corrected chi connectivity index (χ2v) is 5.96. The summed E-state index contributed by atoms with van der Waals surface area (Å²) in [5.41, 5.74) is 2.63. The predicted molar refractivity (Wildman–Crippen MR) is 93.3 cm³/mol. The lowest BCUT2D eigenvalue weighted by Gasteiger charge is -2.17. The van der Waals surface area contributed by atoms with Gasteiger partial charge in [0.2, 0.25) is 11.8 Å². The fourth-order valence-corrected chi connectivity index (χ4v) is 2.85. The number of aryl methyl sites for hydroxylation is 1. The van der Waals surface area contributed by atoms with E-state index in [1.807, 2.05) is 31.2 Å². The molecule has 0 radical (unpaired) electrons. The molecule has 1 fully saturated rings. The number of anilines is 2. The van der Waals surface area contributed by atoms with Crippen LogP contribution >= 0.6 is 0 Å². The first-order valence-electron chi connectivity index (χ1n) is 7.89. The van der Waals surface area contributed by atoms with E-state index in [1.165, 1.54) is 0 Å². The molecule has 1 aliphatic heterocycles. The highest BCUT2D eigenvalue weighted by molar-refractivity contribution is 6.03. The molecule has 0 saturated carbocycles. The largest absolute Gasteiger partial charge is 0.497 e. The lowest BCUT2D eigenvalue weighted by molar-refractivity contribution is -0.122. The number of hydrogen-bond acceptors (Lipinski definition) is 3. The zero-order valence-corrected chi connectivity index (χ0v) is 13.8. The molecule has 5 nitrogen and oxygen atoms in total. The smallest absolute Gasteiger partial charge is 0.229 e. The van der Waals surface area contributed by atoms with Crippen molar-refractivity contribution in [3.8, 4) is 5.75 Å². The number of amides is 2. The van der Waals surface area contributed by atoms with Crippen LogP contribution in [0.4, 0.5) is 11.4 Å². The van der Waals surface area contributed by atoms with E-state index in [-0.39, 0.29) is 24.2 Å². The summed E-state index contributed by atoms with van der Waals surface area (Å²) in [6.45, 7) is 2.39. The van der Waals surface area contributed by atoms with E-state index < -0.39 is 0 Å². The molecule has 0 spiro atoms. The van der Waals surface area contributed by atoms with Crippen LogP contribution in [0.25, 0.3) is 0 Å². The van der Waals surface area contributed by atoms with Crippen LogP contribution in [0.3, 0.4) is 0 Å². The van der Waals surface area contributed by atoms with Crippen LogP contribution in [0, 0.1) is 12.8 Å². The normalized spacial score (nSPS) is 17.0. The molecular weight excluding hydrogens is 304 g/mol. The van der Waals surface area contributed by atoms with Gasteiger partial charge in [-0.25, -0.2) is 0 Å². The Hall–Kier alpha value is -2.82. The van der Waals surface area contributed by atoms with Crippen molar-refractivity contribution < 1.29 is 14.3 Å². The summed E-state index contributed by atoms with van der Waals surface area (Å²) in [4.78, 5) is 26.4. The van der Waals surface area contributed by atoms with Crippen molar-refractivity contribution in [3.63, 3.8) is 0 Å². The van der Waals surface area contributed by atoms with Gasteiger partial charge in [-0.05, 0) is 48.9 Å². The molecule has 1 saturated heterocycles. The number of ether oxygens (including phenoxy) is 1. The number of benzene rings is 2. The van der Waals surface area contributed by atoms with E-state index in [4.69, 9.17) is 4.74 Å². The molecule has 1 N–H and O–H groups in total. The molecule has 0 aliphatic carbocycles. The van der Waals surface area contributed by atoms with Crippen molar-refractivity contribution in [3.05, 3.63) is 54.1 Å². The first-order valence-corrected chi connectivity index (χ1v) is 7.89. The first-order chi connectivity index (χ1) is 11.6. The molecule has 1 heterocycles. The number of carbonyl (C=O) groups is 2. The van der Waals surface area contributed by atoms with Gasteiger partial charge in [0.05, 0.1) is 13.0 Å². The summed E-state index contributed by atoms with van der Waals surface area (Å²) in [5, 5.41) is 2.87. The molecule has 5 heteroatoms. The lowest BCUT2D eigenvalue weighted by atomic mass is 10.1. The quantitative estimate of drug-likeness (QED) is 0.940. The Kier molecular flexibility index (Phi) is 4.51. The first kappa shape index (κ1) is 16.1. The Bertz CT molecular complexity index is 755. The van der Waals surface area contributed by atoms with Gasteiger partial charge in [-0.15, -0.1) is 0 Å². The number of nitrogens with zero attached hydrogens (tertiary/aromatic N) is 1. The number of nitrogens with one attached hydrogen (secondary N) is 1. The lowest BCUT2D eigenvalue weighted by Crippen LogP contribution is -2.28. The van der Waals surface area contributed by atoms with E-state index in [2.05, 4.69) is 5.32 Å². The van der Waals surface area contributed by atoms with Crippen molar-refractivity contribution in [1.82, 2.24) is 0 Å². The molecule has 1 atom stereocenters. The number of hydrogen-bond donors (Lipinski definition) is 1. The van der Waals surface area contributed by atoms with Gasteiger partial charge >= 0.3 is 0 Å². The molecule has 1 aliphatic rings. The minimum Gasteiger partial charge on any atom is -0.497 e. The van der Waals surface area contributed by atoms with Gasteiger partial charge < -0.3 is 15.0 Å². The van der Waals surface area contributed by atoms with Crippen LogP contribution in [0.1, 0.15) is 12.0 Å².